The quantitative estimate of drug-likeness (QED) is 0.826. The maximum absolute atomic E-state index is 12.7. The highest BCUT2D eigenvalue weighted by molar-refractivity contribution is 7.89. The van der Waals surface area contributed by atoms with E-state index in [4.69, 9.17) is 0 Å². The van der Waals surface area contributed by atoms with Crippen molar-refractivity contribution in [3.05, 3.63) is 29.8 Å². The number of carbonyl (C=O) groups is 1. The van der Waals surface area contributed by atoms with Crippen molar-refractivity contribution in [1.82, 2.24) is 9.62 Å². The number of rotatable bonds is 6. The molecule has 4 atom stereocenters. The third-order valence-electron chi connectivity index (χ3n) is 6.29. The van der Waals surface area contributed by atoms with Crippen LogP contribution >= 0.6 is 0 Å². The van der Waals surface area contributed by atoms with E-state index in [1.54, 1.807) is 25.2 Å². The average molecular weight is 379 g/mol. The van der Waals surface area contributed by atoms with Crippen molar-refractivity contribution < 1.29 is 13.2 Å². The molecular weight excluding hydrogens is 348 g/mol. The van der Waals surface area contributed by atoms with Crippen LogP contribution in [-0.4, -0.2) is 37.8 Å². The molecule has 2 fully saturated rings. The molecule has 2 aliphatic carbocycles. The van der Waals surface area contributed by atoms with E-state index in [-0.39, 0.29) is 22.9 Å². The largest absolute Gasteiger partial charge is 0.349 e. The number of hydrogen-bond donors (Lipinski definition) is 1. The van der Waals surface area contributed by atoms with E-state index in [0.717, 1.165) is 11.8 Å². The third-order valence-corrected chi connectivity index (χ3v) is 8.32. The predicted octanol–water partition coefficient (Wildman–Crippen LogP) is 3.27. The van der Waals surface area contributed by atoms with Gasteiger partial charge in [-0.05, 0) is 76.0 Å². The number of amides is 1. The van der Waals surface area contributed by atoms with Gasteiger partial charge < -0.3 is 5.32 Å². The van der Waals surface area contributed by atoms with Gasteiger partial charge in [-0.15, -0.1) is 0 Å². The zero-order valence-electron chi connectivity index (χ0n) is 16.1. The summed E-state index contributed by atoms with van der Waals surface area (Å²) < 4.78 is 26.6. The predicted molar refractivity (Wildman–Crippen MR) is 102 cm³/mol. The molecule has 0 saturated heterocycles. The Balaban J connectivity index is 1.72. The van der Waals surface area contributed by atoms with E-state index in [0.29, 0.717) is 11.5 Å². The number of fused-ring (bicyclic) bond motifs is 2. The van der Waals surface area contributed by atoms with E-state index in [2.05, 4.69) is 12.2 Å². The van der Waals surface area contributed by atoms with Crippen LogP contribution in [0.3, 0.4) is 0 Å². The van der Waals surface area contributed by atoms with Crippen LogP contribution in [0.25, 0.3) is 0 Å². The monoisotopic (exact) mass is 378 g/mol. The van der Waals surface area contributed by atoms with Gasteiger partial charge in [0.25, 0.3) is 5.91 Å². The molecule has 144 valence electrons. The first kappa shape index (κ1) is 19.4. The summed E-state index contributed by atoms with van der Waals surface area (Å²) in [5.74, 6) is 1.94. The summed E-state index contributed by atoms with van der Waals surface area (Å²) in [5, 5.41) is 3.11. The Hall–Kier alpha value is -1.40. The van der Waals surface area contributed by atoms with Gasteiger partial charge in [0.15, 0.2) is 0 Å². The van der Waals surface area contributed by atoms with Crippen LogP contribution in [-0.2, 0) is 10.0 Å². The fourth-order valence-corrected chi connectivity index (χ4v) is 5.96. The van der Waals surface area contributed by atoms with Gasteiger partial charge in [0.05, 0.1) is 4.90 Å². The lowest BCUT2D eigenvalue weighted by molar-refractivity contribution is 0.0915. The van der Waals surface area contributed by atoms with Crippen LogP contribution < -0.4 is 5.32 Å². The highest BCUT2D eigenvalue weighted by Gasteiger charge is 2.42. The maximum Gasteiger partial charge on any atom is 0.251 e. The lowest BCUT2D eigenvalue weighted by Gasteiger charge is -2.28. The Morgan fingerprint density at radius 1 is 1.19 bits per heavy atom. The summed E-state index contributed by atoms with van der Waals surface area (Å²) in [6.07, 6.45) is 5.13. The molecule has 3 rings (SSSR count). The molecule has 1 aromatic carbocycles. The molecule has 6 heteroatoms. The van der Waals surface area contributed by atoms with Crippen LogP contribution in [0.2, 0.25) is 0 Å². The number of benzene rings is 1. The van der Waals surface area contributed by atoms with Gasteiger partial charge in [0.2, 0.25) is 10.0 Å². The third kappa shape index (κ3) is 3.67. The molecule has 4 unspecified atom stereocenters. The highest BCUT2D eigenvalue weighted by atomic mass is 32.2. The molecule has 0 aromatic heterocycles. The van der Waals surface area contributed by atoms with Crippen LogP contribution in [0.4, 0.5) is 0 Å². The van der Waals surface area contributed by atoms with Crippen LogP contribution in [0.1, 0.15) is 56.8 Å². The van der Waals surface area contributed by atoms with Crippen LogP contribution in [0, 0.1) is 17.8 Å². The average Bonchev–Trinajstić information content (AvgIpc) is 3.24. The molecule has 26 heavy (non-hydrogen) atoms. The Morgan fingerprint density at radius 3 is 2.50 bits per heavy atom. The first-order valence-electron chi connectivity index (χ1n) is 9.59. The number of carbonyl (C=O) groups excluding carboxylic acids is 1. The first-order valence-corrected chi connectivity index (χ1v) is 11.0. The summed E-state index contributed by atoms with van der Waals surface area (Å²) in [6, 6.07) is 6.32. The fourth-order valence-electron chi connectivity index (χ4n) is 4.55. The first-order chi connectivity index (χ1) is 12.2. The summed E-state index contributed by atoms with van der Waals surface area (Å²) in [4.78, 5) is 12.8. The SMILES string of the molecule is CC(NC(=O)c1cccc(S(=O)(=O)N(C)C(C)C)c1)C1CC2CCC1C2. The van der Waals surface area contributed by atoms with Gasteiger partial charge in [-0.3, -0.25) is 4.79 Å². The Morgan fingerprint density at radius 2 is 1.92 bits per heavy atom. The van der Waals surface area contributed by atoms with Crippen LogP contribution in [0.15, 0.2) is 29.2 Å². The topological polar surface area (TPSA) is 66.5 Å². The zero-order valence-corrected chi connectivity index (χ0v) is 16.9. The van der Waals surface area contributed by atoms with Crippen molar-refractivity contribution in [1.29, 1.82) is 0 Å². The Labute approximate surface area is 157 Å². The second-order valence-corrected chi connectivity index (χ2v) is 10.2. The standard InChI is InChI=1S/C20H30N2O3S/c1-13(2)22(4)26(24,25)18-7-5-6-17(12-18)20(23)21-14(3)19-11-15-8-9-16(19)10-15/h5-7,12-16,19H,8-11H2,1-4H3,(H,21,23). The molecule has 5 nitrogen and oxygen atoms in total. The molecule has 2 saturated carbocycles. The second kappa shape index (κ2) is 7.31. The van der Waals surface area contributed by atoms with Gasteiger partial charge >= 0.3 is 0 Å². The lowest BCUT2D eigenvalue weighted by atomic mass is 9.84. The zero-order chi connectivity index (χ0) is 19.1. The second-order valence-electron chi connectivity index (χ2n) is 8.24. The van der Waals surface area contributed by atoms with Crippen molar-refractivity contribution in [3.63, 3.8) is 0 Å². The molecule has 0 heterocycles. The summed E-state index contributed by atoms with van der Waals surface area (Å²) >= 11 is 0. The smallest absolute Gasteiger partial charge is 0.251 e. The molecule has 0 aliphatic heterocycles. The van der Waals surface area contributed by atoms with Crippen molar-refractivity contribution in [2.45, 2.75) is 63.4 Å². The normalized spacial score (nSPS) is 26.5. The minimum absolute atomic E-state index is 0.122. The highest BCUT2D eigenvalue weighted by Crippen LogP contribution is 2.49. The van der Waals surface area contributed by atoms with Gasteiger partial charge in [-0.1, -0.05) is 12.5 Å². The minimum atomic E-state index is -3.59. The molecule has 1 aromatic rings. The van der Waals surface area contributed by atoms with Gasteiger partial charge in [0.1, 0.15) is 0 Å². The van der Waals surface area contributed by atoms with Crippen molar-refractivity contribution >= 4 is 15.9 Å². The van der Waals surface area contributed by atoms with Gasteiger partial charge in [0, 0.05) is 24.7 Å². The van der Waals surface area contributed by atoms with Gasteiger partial charge in [-0.25, -0.2) is 8.42 Å². The summed E-state index contributed by atoms with van der Waals surface area (Å²) in [7, 11) is -2.03. The molecule has 1 N–H and O–H groups in total. The lowest BCUT2D eigenvalue weighted by Crippen LogP contribution is -2.40. The molecular formula is C20H30N2O3S. The molecule has 1 amide bonds. The maximum atomic E-state index is 12.7. The number of nitrogens with zero attached hydrogens (tertiary/aromatic N) is 1. The number of hydrogen-bond acceptors (Lipinski definition) is 3. The molecule has 2 aliphatic rings. The summed E-state index contributed by atoms with van der Waals surface area (Å²) in [6.45, 7) is 5.73. The van der Waals surface area contributed by atoms with E-state index < -0.39 is 10.0 Å². The summed E-state index contributed by atoms with van der Waals surface area (Å²) in [5.41, 5.74) is 0.401. The molecule has 2 bridgehead atoms. The van der Waals surface area contributed by atoms with Crippen LogP contribution in [0.5, 0.6) is 0 Å². The Kier molecular flexibility index (Phi) is 5.45. The van der Waals surface area contributed by atoms with Crippen molar-refractivity contribution in [3.8, 4) is 0 Å². The van der Waals surface area contributed by atoms with E-state index in [9.17, 15) is 13.2 Å². The van der Waals surface area contributed by atoms with Crippen molar-refractivity contribution in [2.24, 2.45) is 17.8 Å². The van der Waals surface area contributed by atoms with E-state index in [1.807, 2.05) is 13.8 Å². The number of sulfonamides is 1. The Bertz CT molecular complexity index is 775. The number of nitrogens with one attached hydrogen (secondary N) is 1. The molecule has 0 radical (unpaired) electrons. The minimum Gasteiger partial charge on any atom is -0.349 e. The van der Waals surface area contributed by atoms with E-state index >= 15 is 0 Å². The molecule has 0 spiro atoms. The van der Waals surface area contributed by atoms with Gasteiger partial charge in [-0.2, -0.15) is 4.31 Å². The van der Waals surface area contributed by atoms with Crippen molar-refractivity contribution in [2.75, 3.05) is 7.05 Å². The van der Waals surface area contributed by atoms with E-state index in [1.165, 1.54) is 36.1 Å². The fraction of sp³-hybridized carbons (Fsp3) is 0.650.